The summed E-state index contributed by atoms with van der Waals surface area (Å²) in [6.07, 6.45) is 5.17. The summed E-state index contributed by atoms with van der Waals surface area (Å²) in [5.74, 6) is -0.656. The van der Waals surface area contributed by atoms with E-state index in [0.717, 1.165) is 31.7 Å². The Hall–Kier alpha value is -0.400. The zero-order valence-corrected chi connectivity index (χ0v) is 16.2. The minimum atomic E-state index is -4.66. The molecule has 22 heavy (non-hydrogen) atoms. The van der Waals surface area contributed by atoms with Gasteiger partial charge in [0.15, 0.2) is 5.75 Å². The Morgan fingerprint density at radius 1 is 1.18 bits per heavy atom. The summed E-state index contributed by atoms with van der Waals surface area (Å²) >= 11 is 0. The first kappa shape index (κ1) is 21.6. The standard InChI is InChI=1S/C15H22O5S.Na/c1-3-4-5-6-7-11-14(16)20-15-12(2)9-8-10-13(15)21(17,18)19;/h8-10H,3-7,11H2,1-2H3,(H,17,18,19);/q;+1/p-1. The van der Waals surface area contributed by atoms with Gasteiger partial charge in [-0.05, 0) is 25.0 Å². The summed E-state index contributed by atoms with van der Waals surface area (Å²) in [6, 6.07) is 4.19. The second-order valence-corrected chi connectivity index (χ2v) is 6.34. The molecule has 5 nitrogen and oxygen atoms in total. The Labute approximate surface area is 154 Å². The average Bonchev–Trinajstić information content (AvgIpc) is 2.39. The second-order valence-electron chi connectivity index (χ2n) is 4.99. The van der Waals surface area contributed by atoms with Crippen molar-refractivity contribution >= 4 is 16.1 Å². The third kappa shape index (κ3) is 7.24. The number of ether oxygens (including phenoxy) is 1. The zero-order chi connectivity index (χ0) is 15.9. The van der Waals surface area contributed by atoms with E-state index >= 15 is 0 Å². The molecule has 7 heteroatoms. The normalized spacial score (nSPS) is 10.9. The molecule has 0 atom stereocenters. The van der Waals surface area contributed by atoms with Gasteiger partial charge in [-0.25, -0.2) is 8.42 Å². The Morgan fingerprint density at radius 2 is 1.82 bits per heavy atom. The molecule has 0 heterocycles. The Bertz CT molecular complexity index is 584. The molecular formula is C15H21NaO5S. The molecule has 0 aliphatic rings. The maximum Gasteiger partial charge on any atom is 1.00 e. The number of aryl methyl sites for hydroxylation is 1. The number of para-hydroxylation sites is 1. The third-order valence-corrected chi connectivity index (χ3v) is 4.01. The van der Waals surface area contributed by atoms with Crippen molar-refractivity contribution in [3.05, 3.63) is 23.8 Å². The molecule has 0 unspecified atom stereocenters. The fourth-order valence-corrected chi connectivity index (χ4v) is 2.67. The van der Waals surface area contributed by atoms with E-state index in [1.165, 1.54) is 6.07 Å². The van der Waals surface area contributed by atoms with Gasteiger partial charge in [-0.15, -0.1) is 0 Å². The molecule has 1 aromatic rings. The van der Waals surface area contributed by atoms with Gasteiger partial charge in [-0.3, -0.25) is 4.79 Å². The molecule has 0 bridgehead atoms. The van der Waals surface area contributed by atoms with E-state index in [-0.39, 0.29) is 41.7 Å². The van der Waals surface area contributed by atoms with E-state index < -0.39 is 21.0 Å². The van der Waals surface area contributed by atoms with Crippen LogP contribution in [0.15, 0.2) is 23.1 Å². The van der Waals surface area contributed by atoms with Crippen LogP contribution in [0.4, 0.5) is 0 Å². The first-order valence-corrected chi connectivity index (χ1v) is 8.53. The van der Waals surface area contributed by atoms with Gasteiger partial charge in [-0.1, -0.05) is 44.7 Å². The molecule has 1 rings (SSSR count). The molecule has 0 aliphatic heterocycles. The van der Waals surface area contributed by atoms with Gasteiger partial charge in [0.2, 0.25) is 0 Å². The SMILES string of the molecule is CCCCCCCC(=O)Oc1c(C)cccc1S(=O)(=O)[O-].[Na+]. The average molecular weight is 336 g/mol. The maximum absolute atomic E-state index is 11.8. The second kappa shape index (κ2) is 10.4. The number of rotatable bonds is 8. The van der Waals surface area contributed by atoms with Gasteiger partial charge in [-0.2, -0.15) is 0 Å². The van der Waals surface area contributed by atoms with Crippen molar-refractivity contribution in [3.63, 3.8) is 0 Å². The molecule has 0 saturated carbocycles. The van der Waals surface area contributed by atoms with E-state index in [1.807, 2.05) is 0 Å². The van der Waals surface area contributed by atoms with E-state index in [4.69, 9.17) is 4.74 Å². The Morgan fingerprint density at radius 3 is 2.41 bits per heavy atom. The molecule has 0 fully saturated rings. The van der Waals surface area contributed by atoms with E-state index in [2.05, 4.69) is 6.92 Å². The van der Waals surface area contributed by atoms with Gasteiger partial charge in [0, 0.05) is 6.42 Å². The molecule has 1 aromatic carbocycles. The van der Waals surface area contributed by atoms with Crippen LogP contribution in [-0.2, 0) is 14.9 Å². The van der Waals surface area contributed by atoms with Gasteiger partial charge in [0.05, 0.1) is 4.90 Å². The quantitative estimate of drug-likeness (QED) is 0.222. The van der Waals surface area contributed by atoms with Crippen molar-refractivity contribution in [2.24, 2.45) is 0 Å². The van der Waals surface area contributed by atoms with Crippen molar-refractivity contribution in [2.45, 2.75) is 57.3 Å². The molecular weight excluding hydrogens is 315 g/mol. The molecule has 0 saturated heterocycles. The fourth-order valence-electron chi connectivity index (χ4n) is 1.99. The Kier molecular flexibility index (Phi) is 10.2. The van der Waals surface area contributed by atoms with E-state index in [1.54, 1.807) is 13.0 Å². The molecule has 0 spiro atoms. The van der Waals surface area contributed by atoms with Crippen LogP contribution < -0.4 is 34.3 Å². The summed E-state index contributed by atoms with van der Waals surface area (Å²) in [4.78, 5) is 11.3. The van der Waals surface area contributed by atoms with Crippen molar-refractivity contribution in [3.8, 4) is 5.75 Å². The first-order valence-electron chi connectivity index (χ1n) is 7.12. The number of carbonyl (C=O) groups is 1. The molecule has 0 aliphatic carbocycles. The van der Waals surface area contributed by atoms with Crippen LogP contribution in [0, 0.1) is 6.92 Å². The van der Waals surface area contributed by atoms with Crippen molar-refractivity contribution in [2.75, 3.05) is 0 Å². The molecule has 118 valence electrons. The zero-order valence-electron chi connectivity index (χ0n) is 13.4. The van der Waals surface area contributed by atoms with Gasteiger partial charge in [0.1, 0.15) is 10.1 Å². The van der Waals surface area contributed by atoms with E-state index in [0.29, 0.717) is 12.0 Å². The third-order valence-electron chi connectivity index (χ3n) is 3.15. The van der Waals surface area contributed by atoms with Crippen LogP contribution in [0.5, 0.6) is 5.75 Å². The number of hydrogen-bond donors (Lipinski definition) is 0. The predicted octanol–water partition coefficient (Wildman–Crippen LogP) is 0.169. The molecule has 0 N–H and O–H groups in total. The first-order chi connectivity index (χ1) is 9.86. The Balaban J connectivity index is 0.00000441. The number of esters is 1. The van der Waals surface area contributed by atoms with Crippen molar-refractivity contribution < 1.29 is 52.1 Å². The smallest absolute Gasteiger partial charge is 0.744 e. The number of unbranched alkanes of at least 4 members (excludes halogenated alkanes) is 4. The van der Waals surface area contributed by atoms with Gasteiger partial charge in [0.25, 0.3) is 0 Å². The number of carbonyl (C=O) groups excluding carboxylic acids is 1. The molecule has 0 radical (unpaired) electrons. The minimum Gasteiger partial charge on any atom is -0.744 e. The fraction of sp³-hybridized carbons (Fsp3) is 0.533. The van der Waals surface area contributed by atoms with Crippen LogP contribution >= 0.6 is 0 Å². The van der Waals surface area contributed by atoms with Crippen LogP contribution in [0.1, 0.15) is 51.0 Å². The molecule has 0 aromatic heterocycles. The van der Waals surface area contributed by atoms with Gasteiger partial charge < -0.3 is 9.29 Å². The predicted molar refractivity (Wildman–Crippen MR) is 78.2 cm³/mol. The largest absolute Gasteiger partial charge is 1.00 e. The summed E-state index contributed by atoms with van der Waals surface area (Å²) in [5, 5.41) is 0. The van der Waals surface area contributed by atoms with Gasteiger partial charge >= 0.3 is 35.5 Å². The number of hydrogen-bond acceptors (Lipinski definition) is 5. The summed E-state index contributed by atoms with van der Waals surface area (Å²) in [6.45, 7) is 3.70. The number of benzene rings is 1. The van der Waals surface area contributed by atoms with Crippen LogP contribution in [0.3, 0.4) is 0 Å². The summed E-state index contributed by atoms with van der Waals surface area (Å²) < 4.78 is 38.6. The van der Waals surface area contributed by atoms with Crippen molar-refractivity contribution in [1.82, 2.24) is 0 Å². The minimum absolute atomic E-state index is 0. The van der Waals surface area contributed by atoms with E-state index in [9.17, 15) is 17.8 Å². The topological polar surface area (TPSA) is 83.5 Å². The monoisotopic (exact) mass is 336 g/mol. The van der Waals surface area contributed by atoms with Crippen molar-refractivity contribution in [1.29, 1.82) is 0 Å². The summed E-state index contributed by atoms with van der Waals surface area (Å²) in [5.41, 5.74) is 0.450. The van der Waals surface area contributed by atoms with Crippen LogP contribution in [-0.4, -0.2) is 18.9 Å². The van der Waals surface area contributed by atoms with Crippen LogP contribution in [0.25, 0.3) is 0 Å². The van der Waals surface area contributed by atoms with Crippen LogP contribution in [0.2, 0.25) is 0 Å². The summed E-state index contributed by atoms with van der Waals surface area (Å²) in [7, 11) is -4.66. The maximum atomic E-state index is 11.8. The molecule has 0 amide bonds.